The molecule has 0 radical (unpaired) electrons. The number of benzene rings is 3. The lowest BCUT2D eigenvalue weighted by atomic mass is 9.68. The number of hydrogen-bond acceptors (Lipinski definition) is 19. The Bertz CT molecular complexity index is 6970. The van der Waals surface area contributed by atoms with E-state index in [1.165, 1.54) is 69.3 Å². The third kappa shape index (κ3) is 15.7. The SMILES string of the molecule is CC(C)(C)C(OP(=O)(OC(n1cc(-c2cc([C@H]3C[C@@H]3c3ccc4cnn(CC(F)(F)F)c4c3)c3nccn3n2)c(=O)[nH]c1=O)(C(C)(C)C)C(C)(C)C)OC(n1cc(-c2cc([C@H]3C[C@@H]3c3ccc4cnn(CC(F)(F)F)c4c3)c3nccn3n2)c(=O)[nH]c1=O)(C(C)(C)C)C(C)(C)C)(n1cc(-c2cc([C@H]3C[C@@H]3c3ccc4cnn(CC(F)(F)F)c4c3)c3nccn3n2)c(=O)[nH]c1=O)C(C)(C)C. The Morgan fingerprint density at radius 3 is 0.836 bits per heavy atom. The summed E-state index contributed by atoms with van der Waals surface area (Å²) in [4.78, 5) is 115. The minimum atomic E-state index is -6.33. The molecule has 3 aromatic carbocycles. The van der Waals surface area contributed by atoms with Crippen molar-refractivity contribution in [2.24, 2.45) is 32.5 Å². The van der Waals surface area contributed by atoms with Crippen molar-refractivity contribution >= 4 is 57.5 Å². The van der Waals surface area contributed by atoms with Crippen LogP contribution in [0.15, 0.2) is 176 Å². The van der Waals surface area contributed by atoms with Gasteiger partial charge >= 0.3 is 43.4 Å². The van der Waals surface area contributed by atoms with Gasteiger partial charge in [0.25, 0.3) is 16.7 Å². The van der Waals surface area contributed by atoms with Gasteiger partial charge in [0.1, 0.15) is 19.6 Å². The fourth-order valence-corrected chi connectivity index (χ4v) is 24.3. The maximum atomic E-state index is 19.4. The molecule has 0 bridgehead atoms. The van der Waals surface area contributed by atoms with Crippen LogP contribution in [0, 0.1) is 32.5 Å². The second-order valence-corrected chi connectivity index (χ2v) is 43.2. The molecule has 41 heteroatoms. The van der Waals surface area contributed by atoms with E-state index in [-0.39, 0.29) is 85.8 Å². The lowest BCUT2D eigenvalue weighted by Gasteiger charge is -2.59. The highest BCUT2D eigenvalue weighted by Crippen LogP contribution is 2.73. The number of nitrogens with zero attached hydrogens (tertiary/aromatic N) is 18. The smallest absolute Gasteiger partial charge is 0.273 e. The fraction of sp³-hybridized carbons (Fsp3) is 0.452. The van der Waals surface area contributed by atoms with E-state index in [2.05, 4.69) is 45.2 Å². The standard InChI is InChI=1S/C93H99F9N21O10P/c1-82(2,3)91(83(4,5)6,115-43-64(76(124)109-79(115)127)67-37-61(73-103-25-28-118(73)112-67)58-34-55(58)49-19-22-52-40-106-121(70(52)31-49)46-88(94,95)96)131-134(130,132-92(84(7,8)9,85(10,11)12)116-44-65(77(125)110-80(116)128)68-38-62(74-104-26-29-119(74)113-68)59-35-56(59)50-20-23-53-41-107-122(71(53)32-50)47-89(97,98)99)133-93(86(13,14)15,87(16,17)18)117-45-66(78(126)111-81(117)129)69-39-63(75-105-27-30-120(75)114-69)60-36-57(60)51-21-24-54-42-108-123(72(54)33-51)48-90(100,101)102/h19-33,37-45,55-60H,34-36,46-48H2,1-18H3,(H,109,124,127)(H,110,125,128)(H,111,126,129)/t55-,56-,57-,58+,59+,60+/m1/s1. The Kier molecular flexibility index (Phi) is 21.1. The Balaban J connectivity index is 0.822. The van der Waals surface area contributed by atoms with E-state index in [0.29, 0.717) is 85.7 Å². The van der Waals surface area contributed by atoms with Crippen molar-refractivity contribution in [2.75, 3.05) is 0 Å². The summed E-state index contributed by atoms with van der Waals surface area (Å²) in [7, 11) is -6.33. The number of aromatic nitrogens is 21. The molecule has 0 saturated heterocycles. The van der Waals surface area contributed by atoms with Gasteiger partial charge in [-0.15, -0.1) is 0 Å². The summed E-state index contributed by atoms with van der Waals surface area (Å²) in [6, 6.07) is 20.5. The largest absolute Gasteiger partial charge is 0.481 e. The summed E-state index contributed by atoms with van der Waals surface area (Å²) in [5, 5.41) is 28.3. The van der Waals surface area contributed by atoms with E-state index in [1.807, 2.05) is 18.2 Å². The van der Waals surface area contributed by atoms with Gasteiger partial charge in [-0.05, 0) is 108 Å². The molecule has 18 rings (SSSR count). The third-order valence-electron chi connectivity index (χ3n) is 26.5. The number of alkyl halides is 9. The predicted molar refractivity (Wildman–Crippen MR) is 479 cm³/mol. The maximum Gasteiger partial charge on any atom is 0.481 e. The molecule has 15 aromatic rings. The van der Waals surface area contributed by atoms with Crippen molar-refractivity contribution in [1.29, 1.82) is 0 Å². The third-order valence-corrected chi connectivity index (χ3v) is 28.0. The van der Waals surface area contributed by atoms with E-state index >= 15 is 33.3 Å². The van der Waals surface area contributed by atoms with Crippen molar-refractivity contribution in [3.05, 3.63) is 243 Å². The van der Waals surface area contributed by atoms with E-state index in [0.717, 1.165) is 27.7 Å². The topological polar surface area (TPSA) is 353 Å². The molecule has 12 heterocycles. The second kappa shape index (κ2) is 30.7. The highest BCUT2D eigenvalue weighted by atomic mass is 31.2. The van der Waals surface area contributed by atoms with Gasteiger partial charge in [0, 0.05) is 121 Å². The Morgan fingerprint density at radius 2 is 0.604 bits per heavy atom. The first-order chi connectivity index (χ1) is 62.3. The van der Waals surface area contributed by atoms with Crippen LogP contribution in [-0.4, -0.2) is 120 Å². The molecule has 12 aromatic heterocycles. The first kappa shape index (κ1) is 91.9. The number of H-pyrrole nitrogens is 3. The molecule has 3 fully saturated rings. The molecule has 6 atom stereocenters. The fourth-order valence-electron chi connectivity index (χ4n) is 21.3. The van der Waals surface area contributed by atoms with E-state index < -0.39 is 129 Å². The van der Waals surface area contributed by atoms with Crippen LogP contribution < -0.4 is 33.7 Å². The van der Waals surface area contributed by atoms with Crippen molar-refractivity contribution in [2.45, 2.75) is 235 Å². The van der Waals surface area contributed by atoms with Gasteiger partial charge in [-0.1, -0.05) is 161 Å². The molecule has 0 amide bonds. The van der Waals surface area contributed by atoms with Gasteiger partial charge in [-0.25, -0.2) is 47.4 Å². The summed E-state index contributed by atoms with van der Waals surface area (Å²) in [5.41, 5.74) is -19.1. The molecule has 134 heavy (non-hydrogen) atoms. The Labute approximate surface area is 757 Å². The first-order valence-electron chi connectivity index (χ1n) is 43.7. The number of aromatic amines is 3. The second-order valence-electron chi connectivity index (χ2n) is 41.8. The van der Waals surface area contributed by atoms with Crippen molar-refractivity contribution in [1.82, 2.24) is 102 Å². The van der Waals surface area contributed by atoms with Gasteiger partial charge in [0.05, 0.1) is 68.9 Å². The van der Waals surface area contributed by atoms with Crippen LogP contribution in [0.25, 0.3) is 83.4 Å². The molecular formula is C93H99F9N21O10P. The number of hydrogen-bond donors (Lipinski definition) is 3. The zero-order valence-electron chi connectivity index (χ0n) is 76.5. The first-order valence-corrected chi connectivity index (χ1v) is 45.2. The van der Waals surface area contributed by atoms with Crippen molar-refractivity contribution in [3.63, 3.8) is 0 Å². The number of phosphoric ester groups is 1. The Hall–Kier alpha value is -12.6. The molecule has 704 valence electrons. The van der Waals surface area contributed by atoms with Crippen molar-refractivity contribution < 1.29 is 57.7 Å². The highest BCUT2D eigenvalue weighted by molar-refractivity contribution is 7.48. The van der Waals surface area contributed by atoms with Gasteiger partial charge in [-0.2, -0.15) is 70.1 Å². The number of halogens is 9. The molecule has 3 aliphatic carbocycles. The molecule has 3 N–H and O–H groups in total. The number of nitrogens with one attached hydrogen (secondary N) is 3. The summed E-state index contributed by atoms with van der Waals surface area (Å²) in [6.07, 6.45) is 4.53. The van der Waals surface area contributed by atoms with Gasteiger partial charge in [0.2, 0.25) is 0 Å². The van der Waals surface area contributed by atoms with Crippen LogP contribution in [0.3, 0.4) is 0 Å². The maximum absolute atomic E-state index is 19.4. The average Bonchev–Trinajstić information content (AvgIpc) is 0.959. The van der Waals surface area contributed by atoms with E-state index in [9.17, 15) is 39.5 Å². The van der Waals surface area contributed by atoms with E-state index in [4.69, 9.17) is 28.9 Å². The number of imidazole rings is 3. The van der Waals surface area contributed by atoms with Crippen LogP contribution in [0.1, 0.15) is 213 Å². The predicted octanol–water partition coefficient (Wildman–Crippen LogP) is 17.7. The molecule has 3 aliphatic rings. The molecule has 3 saturated carbocycles. The minimum Gasteiger partial charge on any atom is -0.273 e. The lowest BCUT2D eigenvalue weighted by Crippen LogP contribution is -2.64. The van der Waals surface area contributed by atoms with Gasteiger partial charge in [0.15, 0.2) is 34.1 Å². The lowest BCUT2D eigenvalue weighted by molar-refractivity contribution is -0.263. The van der Waals surface area contributed by atoms with E-state index in [1.54, 1.807) is 198 Å². The van der Waals surface area contributed by atoms with Crippen LogP contribution in [-0.2, 0) is 54.9 Å². The zero-order chi connectivity index (χ0) is 96.6. The monoisotopic (exact) mass is 1870 g/mol. The molecular weight excluding hydrogens is 1770 g/mol. The van der Waals surface area contributed by atoms with Crippen molar-refractivity contribution in [3.8, 4) is 33.8 Å². The van der Waals surface area contributed by atoms with Crippen LogP contribution >= 0.6 is 7.82 Å². The van der Waals surface area contributed by atoms with Crippen LogP contribution in [0.2, 0.25) is 0 Å². The van der Waals surface area contributed by atoms with Gasteiger partial charge in [-0.3, -0.25) is 70.7 Å². The summed E-state index contributed by atoms with van der Waals surface area (Å²) < 4.78 is 178. The molecule has 0 aliphatic heterocycles. The minimum absolute atomic E-state index is 0.0304. The normalized spacial score (nSPS) is 18.3. The number of rotatable bonds is 21. The summed E-state index contributed by atoms with van der Waals surface area (Å²) in [6.45, 7) is 26.0. The summed E-state index contributed by atoms with van der Waals surface area (Å²) in [5.74, 6) is -1.96. The molecule has 31 nitrogen and oxygen atoms in total. The van der Waals surface area contributed by atoms with Crippen LogP contribution in [0.4, 0.5) is 39.5 Å². The van der Waals surface area contributed by atoms with Gasteiger partial charge < -0.3 is 0 Å². The zero-order valence-corrected chi connectivity index (χ0v) is 77.4. The molecule has 0 spiro atoms. The number of phosphoric acid groups is 1. The quantitative estimate of drug-likeness (QED) is 0.0444. The summed E-state index contributed by atoms with van der Waals surface area (Å²) >= 11 is 0. The number of fused-ring (bicyclic) bond motifs is 6. The average molecular weight is 1870 g/mol. The van der Waals surface area contributed by atoms with Crippen LogP contribution in [0.5, 0.6) is 0 Å². The highest BCUT2D eigenvalue weighted by Gasteiger charge is 2.68. The Morgan fingerprint density at radius 1 is 0.358 bits per heavy atom. The molecule has 0 unspecified atom stereocenters.